The van der Waals surface area contributed by atoms with Gasteiger partial charge in [0.1, 0.15) is 5.82 Å². The molecule has 2 heterocycles. The van der Waals surface area contributed by atoms with Gasteiger partial charge in [0.05, 0.1) is 6.26 Å². The molecule has 0 radical (unpaired) electrons. The second-order valence-corrected chi connectivity index (χ2v) is 3.10. The molecule has 0 aromatic carbocycles. The highest BCUT2D eigenvalue weighted by Crippen LogP contribution is 2.07. The van der Waals surface area contributed by atoms with Crippen molar-refractivity contribution in [2.45, 2.75) is 6.92 Å². The predicted molar refractivity (Wildman–Crippen MR) is 55.6 cm³/mol. The van der Waals surface area contributed by atoms with Gasteiger partial charge in [-0.15, -0.1) is 0 Å². The Kier molecular flexibility index (Phi) is 2.49. The highest BCUT2D eigenvalue weighted by Gasteiger charge is 2.08. The molecular formula is C11H10N2O2. The van der Waals surface area contributed by atoms with Crippen LogP contribution >= 0.6 is 0 Å². The first-order chi connectivity index (χ1) is 7.25. The Morgan fingerprint density at radius 2 is 2.20 bits per heavy atom. The number of anilines is 1. The van der Waals surface area contributed by atoms with E-state index in [1.807, 2.05) is 19.1 Å². The minimum absolute atomic E-state index is 0.276. The zero-order chi connectivity index (χ0) is 10.7. The zero-order valence-electron chi connectivity index (χ0n) is 8.23. The quantitative estimate of drug-likeness (QED) is 0.812. The zero-order valence-corrected chi connectivity index (χ0v) is 8.23. The summed E-state index contributed by atoms with van der Waals surface area (Å²) < 4.78 is 4.96. The summed E-state index contributed by atoms with van der Waals surface area (Å²) in [5.74, 6) is 0.507. The van der Waals surface area contributed by atoms with Crippen molar-refractivity contribution in [3.05, 3.63) is 48.0 Å². The van der Waals surface area contributed by atoms with Crippen molar-refractivity contribution >= 4 is 11.7 Å². The Morgan fingerprint density at radius 1 is 1.33 bits per heavy atom. The fourth-order valence-electron chi connectivity index (χ4n) is 1.20. The highest BCUT2D eigenvalue weighted by atomic mass is 16.3. The monoisotopic (exact) mass is 202 g/mol. The van der Waals surface area contributed by atoms with Gasteiger partial charge < -0.3 is 9.73 Å². The van der Waals surface area contributed by atoms with Gasteiger partial charge in [-0.25, -0.2) is 4.98 Å². The Labute approximate surface area is 86.9 Å². The van der Waals surface area contributed by atoms with Crippen LogP contribution in [0.4, 0.5) is 5.82 Å². The fourth-order valence-corrected chi connectivity index (χ4v) is 1.20. The number of furan rings is 1. The summed E-state index contributed by atoms with van der Waals surface area (Å²) in [6.07, 6.45) is 1.46. The van der Waals surface area contributed by atoms with Crippen LogP contribution in [0.5, 0.6) is 0 Å². The van der Waals surface area contributed by atoms with Gasteiger partial charge in [0.15, 0.2) is 5.76 Å². The number of aromatic nitrogens is 1. The molecule has 0 aliphatic rings. The minimum Gasteiger partial charge on any atom is -0.459 e. The molecule has 2 rings (SSSR count). The number of carbonyl (C=O) groups is 1. The van der Waals surface area contributed by atoms with Gasteiger partial charge in [0.25, 0.3) is 5.91 Å². The van der Waals surface area contributed by atoms with E-state index in [9.17, 15) is 4.79 Å². The third kappa shape index (κ3) is 2.22. The maximum absolute atomic E-state index is 11.5. The first kappa shape index (κ1) is 9.45. The van der Waals surface area contributed by atoms with E-state index < -0.39 is 0 Å². The molecule has 0 aliphatic carbocycles. The first-order valence-electron chi connectivity index (χ1n) is 4.54. The Hall–Kier alpha value is -2.10. The van der Waals surface area contributed by atoms with E-state index in [4.69, 9.17) is 4.42 Å². The molecule has 0 aliphatic heterocycles. The number of rotatable bonds is 2. The summed E-state index contributed by atoms with van der Waals surface area (Å²) in [4.78, 5) is 15.7. The fraction of sp³-hybridized carbons (Fsp3) is 0.0909. The molecule has 2 aromatic rings. The molecule has 0 fully saturated rings. The van der Waals surface area contributed by atoms with E-state index >= 15 is 0 Å². The summed E-state index contributed by atoms with van der Waals surface area (Å²) in [6.45, 7) is 1.86. The van der Waals surface area contributed by atoms with Crippen molar-refractivity contribution in [3.63, 3.8) is 0 Å². The second-order valence-electron chi connectivity index (χ2n) is 3.10. The summed E-state index contributed by atoms with van der Waals surface area (Å²) in [6, 6.07) is 8.69. The number of nitrogens with zero attached hydrogens (tertiary/aromatic N) is 1. The summed E-state index contributed by atoms with van der Waals surface area (Å²) in [7, 11) is 0. The highest BCUT2D eigenvalue weighted by molar-refractivity contribution is 6.01. The van der Waals surface area contributed by atoms with Gasteiger partial charge in [-0.2, -0.15) is 0 Å². The molecule has 2 aromatic heterocycles. The van der Waals surface area contributed by atoms with Gasteiger partial charge >= 0.3 is 0 Å². The van der Waals surface area contributed by atoms with Crippen molar-refractivity contribution in [1.29, 1.82) is 0 Å². The third-order valence-corrected chi connectivity index (χ3v) is 1.87. The molecule has 0 atom stereocenters. The van der Waals surface area contributed by atoms with Crippen LogP contribution in [0.3, 0.4) is 0 Å². The maximum atomic E-state index is 11.5. The molecule has 1 N–H and O–H groups in total. The predicted octanol–water partition coefficient (Wildman–Crippen LogP) is 2.24. The molecule has 4 heteroatoms. The van der Waals surface area contributed by atoms with Crippen molar-refractivity contribution < 1.29 is 9.21 Å². The number of aryl methyl sites for hydroxylation is 1. The van der Waals surface area contributed by atoms with Crippen LogP contribution in [0, 0.1) is 6.92 Å². The lowest BCUT2D eigenvalue weighted by molar-refractivity contribution is 0.0996. The molecule has 0 spiro atoms. The molecule has 15 heavy (non-hydrogen) atoms. The topological polar surface area (TPSA) is 55.1 Å². The standard InChI is InChI=1S/C11H10N2O2/c1-8-4-2-6-10(12-8)13-11(14)9-5-3-7-15-9/h2-7H,1H3,(H,12,13,14). The molecule has 4 nitrogen and oxygen atoms in total. The number of nitrogens with one attached hydrogen (secondary N) is 1. The molecule has 0 bridgehead atoms. The summed E-state index contributed by atoms with van der Waals surface area (Å²) >= 11 is 0. The normalized spacial score (nSPS) is 9.93. The van der Waals surface area contributed by atoms with Crippen LogP contribution in [0.25, 0.3) is 0 Å². The van der Waals surface area contributed by atoms with E-state index in [2.05, 4.69) is 10.3 Å². The van der Waals surface area contributed by atoms with Gasteiger partial charge in [-0.3, -0.25) is 4.79 Å². The van der Waals surface area contributed by atoms with E-state index in [0.29, 0.717) is 5.82 Å². The number of hydrogen-bond acceptors (Lipinski definition) is 3. The maximum Gasteiger partial charge on any atom is 0.292 e. The van der Waals surface area contributed by atoms with E-state index in [0.717, 1.165) is 5.69 Å². The minimum atomic E-state index is -0.293. The molecule has 76 valence electrons. The second kappa shape index (κ2) is 3.96. The van der Waals surface area contributed by atoms with E-state index in [1.54, 1.807) is 18.2 Å². The number of hydrogen-bond donors (Lipinski definition) is 1. The van der Waals surface area contributed by atoms with Gasteiger partial charge in [0, 0.05) is 5.69 Å². The van der Waals surface area contributed by atoms with Crippen LogP contribution in [0.2, 0.25) is 0 Å². The SMILES string of the molecule is Cc1cccc(NC(=O)c2ccco2)n1. The van der Waals surface area contributed by atoms with Crippen LogP contribution in [-0.4, -0.2) is 10.9 Å². The Morgan fingerprint density at radius 3 is 2.87 bits per heavy atom. The van der Waals surface area contributed by atoms with Crippen molar-refractivity contribution in [3.8, 4) is 0 Å². The average Bonchev–Trinajstić information content (AvgIpc) is 2.70. The molecule has 0 saturated heterocycles. The van der Waals surface area contributed by atoms with Crippen LogP contribution < -0.4 is 5.32 Å². The van der Waals surface area contributed by atoms with Crippen LogP contribution in [-0.2, 0) is 0 Å². The number of amides is 1. The smallest absolute Gasteiger partial charge is 0.292 e. The third-order valence-electron chi connectivity index (χ3n) is 1.87. The van der Waals surface area contributed by atoms with Crippen LogP contribution in [0.1, 0.15) is 16.2 Å². The van der Waals surface area contributed by atoms with Crippen molar-refractivity contribution in [2.24, 2.45) is 0 Å². The van der Waals surface area contributed by atoms with E-state index in [-0.39, 0.29) is 11.7 Å². The number of pyridine rings is 1. The van der Waals surface area contributed by atoms with Gasteiger partial charge in [-0.1, -0.05) is 6.07 Å². The van der Waals surface area contributed by atoms with Crippen LogP contribution in [0.15, 0.2) is 41.0 Å². The molecular weight excluding hydrogens is 192 g/mol. The Bertz CT molecular complexity index is 463. The van der Waals surface area contributed by atoms with Gasteiger partial charge in [0.2, 0.25) is 0 Å². The van der Waals surface area contributed by atoms with Crippen molar-refractivity contribution in [2.75, 3.05) is 5.32 Å². The lowest BCUT2D eigenvalue weighted by atomic mass is 10.3. The summed E-state index contributed by atoms with van der Waals surface area (Å²) in [5.41, 5.74) is 0.854. The number of carbonyl (C=O) groups excluding carboxylic acids is 1. The largest absolute Gasteiger partial charge is 0.459 e. The summed E-state index contributed by atoms with van der Waals surface area (Å²) in [5, 5.41) is 2.64. The lowest BCUT2D eigenvalue weighted by Gasteiger charge is -2.02. The molecule has 0 unspecified atom stereocenters. The van der Waals surface area contributed by atoms with Gasteiger partial charge in [-0.05, 0) is 31.2 Å². The first-order valence-corrected chi connectivity index (χ1v) is 4.54. The average molecular weight is 202 g/mol. The Balaban J connectivity index is 2.13. The molecule has 1 amide bonds. The van der Waals surface area contributed by atoms with Crippen molar-refractivity contribution in [1.82, 2.24) is 4.98 Å². The van der Waals surface area contributed by atoms with E-state index in [1.165, 1.54) is 6.26 Å². The molecule has 0 saturated carbocycles. The lowest BCUT2D eigenvalue weighted by Crippen LogP contribution is -2.12.